The van der Waals surface area contributed by atoms with Crippen molar-refractivity contribution in [1.82, 2.24) is 15.2 Å². The Labute approximate surface area is 121 Å². The van der Waals surface area contributed by atoms with Gasteiger partial charge in [0.2, 0.25) is 0 Å². The van der Waals surface area contributed by atoms with Crippen molar-refractivity contribution in [2.45, 2.75) is 12.8 Å². The van der Waals surface area contributed by atoms with Crippen LogP contribution < -0.4 is 10.1 Å². The van der Waals surface area contributed by atoms with Crippen LogP contribution in [-0.2, 0) is 0 Å². The number of hydrogen-bond donors (Lipinski definition) is 1. The lowest BCUT2D eigenvalue weighted by Gasteiger charge is -2.21. The molecule has 1 heterocycles. The number of aromatic nitrogens is 1. The van der Waals surface area contributed by atoms with E-state index in [-0.39, 0.29) is 0 Å². The molecule has 5 nitrogen and oxygen atoms in total. The molecule has 20 heavy (non-hydrogen) atoms. The van der Waals surface area contributed by atoms with Gasteiger partial charge in [0, 0.05) is 26.8 Å². The van der Waals surface area contributed by atoms with E-state index >= 15 is 0 Å². The summed E-state index contributed by atoms with van der Waals surface area (Å²) in [5.74, 6) is 1.66. The monoisotopic (exact) mass is 276 g/mol. The summed E-state index contributed by atoms with van der Waals surface area (Å²) in [6, 6.07) is 3.75. The van der Waals surface area contributed by atoms with Crippen molar-refractivity contribution in [3.05, 3.63) is 37.2 Å². The Morgan fingerprint density at radius 2 is 2.45 bits per heavy atom. The molecule has 0 fully saturated rings. The van der Waals surface area contributed by atoms with Crippen LogP contribution in [0.5, 0.6) is 5.75 Å². The molecule has 1 aromatic rings. The largest absolute Gasteiger partial charge is 0.490 e. The normalized spacial score (nSPS) is 11.0. The van der Waals surface area contributed by atoms with E-state index in [4.69, 9.17) is 4.74 Å². The minimum Gasteiger partial charge on any atom is -0.490 e. The molecule has 0 spiro atoms. The molecule has 110 valence electrons. The average Bonchev–Trinajstić information content (AvgIpc) is 2.48. The minimum atomic E-state index is 0.575. The number of guanidine groups is 1. The number of aliphatic imine (C=N–C) groups is 1. The van der Waals surface area contributed by atoms with Crippen molar-refractivity contribution in [2.24, 2.45) is 4.99 Å². The fourth-order valence-corrected chi connectivity index (χ4v) is 1.73. The summed E-state index contributed by atoms with van der Waals surface area (Å²) in [5.41, 5.74) is 0. The molecule has 0 aliphatic heterocycles. The summed E-state index contributed by atoms with van der Waals surface area (Å²) in [6.45, 7) is 5.96. The van der Waals surface area contributed by atoms with Crippen LogP contribution in [0, 0.1) is 0 Å². The Bertz CT molecular complexity index is 406. The van der Waals surface area contributed by atoms with Gasteiger partial charge in [0.1, 0.15) is 12.4 Å². The van der Waals surface area contributed by atoms with Crippen molar-refractivity contribution in [3.63, 3.8) is 0 Å². The molecule has 0 aliphatic carbocycles. The predicted octanol–water partition coefficient (Wildman–Crippen LogP) is 1.93. The summed E-state index contributed by atoms with van der Waals surface area (Å²) in [4.78, 5) is 10.4. The van der Waals surface area contributed by atoms with Crippen molar-refractivity contribution >= 4 is 5.96 Å². The quantitative estimate of drug-likeness (QED) is 0.341. The summed E-state index contributed by atoms with van der Waals surface area (Å²) in [5, 5.41) is 3.27. The number of hydrogen-bond acceptors (Lipinski definition) is 3. The maximum Gasteiger partial charge on any atom is 0.193 e. The molecule has 0 bridgehead atoms. The highest BCUT2D eigenvalue weighted by Crippen LogP contribution is 2.04. The second kappa shape index (κ2) is 9.83. The molecule has 0 radical (unpaired) electrons. The Morgan fingerprint density at radius 1 is 1.60 bits per heavy atom. The number of allylic oxidation sites excluding steroid dienone is 1. The fourth-order valence-electron chi connectivity index (χ4n) is 1.73. The van der Waals surface area contributed by atoms with E-state index in [0.29, 0.717) is 13.2 Å². The van der Waals surface area contributed by atoms with Crippen LogP contribution in [-0.4, -0.2) is 49.6 Å². The van der Waals surface area contributed by atoms with E-state index in [1.807, 2.05) is 25.3 Å². The van der Waals surface area contributed by atoms with Crippen LogP contribution >= 0.6 is 0 Å². The molecular weight excluding hydrogens is 252 g/mol. The molecule has 0 saturated heterocycles. The van der Waals surface area contributed by atoms with Crippen LogP contribution in [0.15, 0.2) is 42.2 Å². The molecule has 0 aromatic carbocycles. The summed E-state index contributed by atoms with van der Waals surface area (Å²) >= 11 is 0. The zero-order valence-corrected chi connectivity index (χ0v) is 12.4. The van der Waals surface area contributed by atoms with Gasteiger partial charge in [0.05, 0.1) is 12.7 Å². The van der Waals surface area contributed by atoms with E-state index in [0.717, 1.165) is 31.1 Å². The SMILES string of the molecule is C=CCCCN(C)C(=NC)NCCOc1cccnc1. The third-order valence-electron chi connectivity index (χ3n) is 2.76. The molecule has 0 unspecified atom stereocenters. The third-order valence-corrected chi connectivity index (χ3v) is 2.76. The van der Waals surface area contributed by atoms with E-state index in [1.165, 1.54) is 0 Å². The van der Waals surface area contributed by atoms with Crippen LogP contribution in [0.1, 0.15) is 12.8 Å². The molecule has 0 atom stereocenters. The summed E-state index contributed by atoms with van der Waals surface area (Å²) in [7, 11) is 3.81. The van der Waals surface area contributed by atoms with Gasteiger partial charge in [-0.3, -0.25) is 9.98 Å². The lowest BCUT2D eigenvalue weighted by molar-refractivity contribution is 0.318. The third kappa shape index (κ3) is 6.22. The molecular formula is C15H24N4O. The van der Waals surface area contributed by atoms with E-state index in [2.05, 4.69) is 26.8 Å². The fraction of sp³-hybridized carbons (Fsp3) is 0.467. The Balaban J connectivity index is 2.22. The zero-order chi connectivity index (χ0) is 14.6. The van der Waals surface area contributed by atoms with Gasteiger partial charge in [0.25, 0.3) is 0 Å². The van der Waals surface area contributed by atoms with Gasteiger partial charge in [-0.15, -0.1) is 6.58 Å². The van der Waals surface area contributed by atoms with Crippen LogP contribution in [0.25, 0.3) is 0 Å². The second-order valence-electron chi connectivity index (χ2n) is 4.36. The maximum absolute atomic E-state index is 5.57. The first-order valence-corrected chi connectivity index (χ1v) is 6.83. The minimum absolute atomic E-state index is 0.575. The zero-order valence-electron chi connectivity index (χ0n) is 12.4. The van der Waals surface area contributed by atoms with Crippen molar-refractivity contribution < 1.29 is 4.74 Å². The van der Waals surface area contributed by atoms with Gasteiger partial charge in [0.15, 0.2) is 5.96 Å². The molecule has 0 aliphatic rings. The standard InChI is InChI=1S/C15H24N4O/c1-4-5-6-11-19(3)15(16-2)18-10-12-20-14-8-7-9-17-13-14/h4,7-9,13H,1,5-6,10-12H2,2-3H3,(H,16,18). The maximum atomic E-state index is 5.57. The van der Waals surface area contributed by atoms with Gasteiger partial charge in [-0.1, -0.05) is 6.08 Å². The molecule has 0 saturated carbocycles. The number of nitrogens with zero attached hydrogens (tertiary/aromatic N) is 3. The Hall–Kier alpha value is -2.04. The molecule has 5 heteroatoms. The molecule has 1 rings (SSSR count). The van der Waals surface area contributed by atoms with Gasteiger partial charge >= 0.3 is 0 Å². The number of rotatable bonds is 8. The van der Waals surface area contributed by atoms with Crippen molar-refractivity contribution in [3.8, 4) is 5.75 Å². The molecule has 0 amide bonds. The number of nitrogens with one attached hydrogen (secondary N) is 1. The smallest absolute Gasteiger partial charge is 0.193 e. The first kappa shape index (κ1) is 16.0. The molecule has 1 aromatic heterocycles. The van der Waals surface area contributed by atoms with E-state index in [1.54, 1.807) is 19.4 Å². The van der Waals surface area contributed by atoms with Crippen molar-refractivity contribution in [2.75, 3.05) is 33.8 Å². The predicted molar refractivity (Wildman–Crippen MR) is 83.2 cm³/mol. The Morgan fingerprint density at radius 3 is 3.10 bits per heavy atom. The van der Waals surface area contributed by atoms with E-state index in [9.17, 15) is 0 Å². The highest BCUT2D eigenvalue weighted by molar-refractivity contribution is 5.79. The highest BCUT2D eigenvalue weighted by atomic mass is 16.5. The van der Waals surface area contributed by atoms with Crippen LogP contribution in [0.3, 0.4) is 0 Å². The topological polar surface area (TPSA) is 49.8 Å². The average molecular weight is 276 g/mol. The lowest BCUT2D eigenvalue weighted by atomic mass is 10.3. The number of unbranched alkanes of at least 4 members (excludes halogenated alkanes) is 1. The van der Waals surface area contributed by atoms with Gasteiger partial charge in [-0.2, -0.15) is 0 Å². The number of ether oxygens (including phenoxy) is 1. The van der Waals surface area contributed by atoms with Gasteiger partial charge in [-0.05, 0) is 25.0 Å². The van der Waals surface area contributed by atoms with Crippen LogP contribution in [0.2, 0.25) is 0 Å². The second-order valence-corrected chi connectivity index (χ2v) is 4.36. The Kier molecular flexibility index (Phi) is 7.87. The first-order chi connectivity index (χ1) is 9.77. The lowest BCUT2D eigenvalue weighted by Crippen LogP contribution is -2.41. The van der Waals surface area contributed by atoms with Gasteiger partial charge in [-0.25, -0.2) is 0 Å². The van der Waals surface area contributed by atoms with E-state index < -0.39 is 0 Å². The van der Waals surface area contributed by atoms with Crippen molar-refractivity contribution in [1.29, 1.82) is 0 Å². The van der Waals surface area contributed by atoms with Crippen LogP contribution in [0.4, 0.5) is 0 Å². The highest BCUT2D eigenvalue weighted by Gasteiger charge is 2.04. The first-order valence-electron chi connectivity index (χ1n) is 6.83. The summed E-state index contributed by atoms with van der Waals surface area (Å²) < 4.78 is 5.57. The summed E-state index contributed by atoms with van der Waals surface area (Å²) in [6.07, 6.45) is 7.46. The molecule has 1 N–H and O–H groups in total. The number of pyridine rings is 1. The van der Waals surface area contributed by atoms with Gasteiger partial charge < -0.3 is 15.0 Å².